The topological polar surface area (TPSA) is 20.3 Å². The average Bonchev–Trinajstić information content (AvgIpc) is 2.38. The second kappa shape index (κ2) is 6.01. The molecule has 1 aromatic rings. The second-order valence-corrected chi connectivity index (χ2v) is 5.88. The van der Waals surface area contributed by atoms with Crippen molar-refractivity contribution in [2.75, 3.05) is 11.9 Å². The second-order valence-electron chi connectivity index (χ2n) is 4.31. The Labute approximate surface area is 119 Å². The molecule has 0 bridgehead atoms. The van der Waals surface area contributed by atoms with Gasteiger partial charge >= 0.3 is 0 Å². The third kappa shape index (κ3) is 3.10. The van der Waals surface area contributed by atoms with Gasteiger partial charge in [-0.05, 0) is 37.5 Å². The van der Waals surface area contributed by atoms with Gasteiger partial charge in [-0.15, -0.1) is 0 Å². The summed E-state index contributed by atoms with van der Waals surface area (Å²) < 4.78 is 0.954. The van der Waals surface area contributed by atoms with Gasteiger partial charge in [0.25, 0.3) is 5.91 Å². The Bertz CT molecular complexity index is 408. The Hall–Kier alpha value is -0.350. The minimum Gasteiger partial charge on any atom is -0.335 e. The number of carbonyl (C=O) groups excluding carboxylic acids is 1. The highest BCUT2D eigenvalue weighted by molar-refractivity contribution is 9.10. The summed E-state index contributed by atoms with van der Waals surface area (Å²) in [4.78, 5) is 14.4. The lowest BCUT2D eigenvalue weighted by Gasteiger charge is -2.34. The van der Waals surface area contributed by atoms with E-state index in [0.717, 1.165) is 34.8 Å². The molecule has 1 aromatic carbocycles. The summed E-state index contributed by atoms with van der Waals surface area (Å²) in [7, 11) is 0. The maximum atomic E-state index is 12.4. The largest absolute Gasteiger partial charge is 0.335 e. The molecular formula is C13H15Br2NO. The molecule has 0 N–H and O–H groups in total. The van der Waals surface area contributed by atoms with Gasteiger partial charge in [0, 0.05) is 28.0 Å². The van der Waals surface area contributed by atoms with Crippen molar-refractivity contribution >= 4 is 37.8 Å². The number of amides is 1. The van der Waals surface area contributed by atoms with Crippen molar-refractivity contribution in [3.8, 4) is 0 Å². The van der Waals surface area contributed by atoms with Crippen LogP contribution in [0.15, 0.2) is 28.7 Å². The SMILES string of the molecule is O=C(c1cccc(Br)c1)N1CCCCC1CBr. The summed E-state index contributed by atoms with van der Waals surface area (Å²) in [5, 5.41) is 0.868. The van der Waals surface area contributed by atoms with Crippen molar-refractivity contribution in [1.82, 2.24) is 4.90 Å². The number of nitrogens with zero attached hydrogens (tertiary/aromatic N) is 1. The third-order valence-corrected chi connectivity index (χ3v) is 4.38. The van der Waals surface area contributed by atoms with Gasteiger partial charge in [-0.1, -0.05) is 37.9 Å². The first-order chi connectivity index (χ1) is 8.22. The summed E-state index contributed by atoms with van der Waals surface area (Å²) in [6.45, 7) is 0.877. The van der Waals surface area contributed by atoms with Crippen LogP contribution in [0.4, 0.5) is 0 Å². The van der Waals surface area contributed by atoms with Crippen molar-refractivity contribution in [2.45, 2.75) is 25.3 Å². The van der Waals surface area contributed by atoms with Crippen molar-refractivity contribution in [2.24, 2.45) is 0 Å². The van der Waals surface area contributed by atoms with Crippen molar-refractivity contribution in [3.05, 3.63) is 34.3 Å². The molecule has 1 unspecified atom stereocenters. The minimum atomic E-state index is 0.149. The van der Waals surface area contributed by atoms with Gasteiger partial charge in [0.2, 0.25) is 0 Å². The Kier molecular flexibility index (Phi) is 4.62. The van der Waals surface area contributed by atoms with Crippen LogP contribution in [0.1, 0.15) is 29.6 Å². The highest BCUT2D eigenvalue weighted by Crippen LogP contribution is 2.22. The Morgan fingerprint density at radius 2 is 2.24 bits per heavy atom. The highest BCUT2D eigenvalue weighted by atomic mass is 79.9. The van der Waals surface area contributed by atoms with Crippen LogP contribution >= 0.6 is 31.9 Å². The van der Waals surface area contributed by atoms with Gasteiger partial charge in [0.15, 0.2) is 0 Å². The average molecular weight is 361 g/mol. The predicted molar refractivity (Wildman–Crippen MR) is 76.6 cm³/mol. The van der Waals surface area contributed by atoms with E-state index in [2.05, 4.69) is 31.9 Å². The number of rotatable bonds is 2. The Balaban J connectivity index is 2.18. The molecule has 1 fully saturated rings. The summed E-state index contributed by atoms with van der Waals surface area (Å²) in [6.07, 6.45) is 3.44. The summed E-state index contributed by atoms with van der Waals surface area (Å²) in [6, 6.07) is 7.96. The van der Waals surface area contributed by atoms with E-state index in [1.165, 1.54) is 6.42 Å². The number of hydrogen-bond acceptors (Lipinski definition) is 1. The standard InChI is InChI=1S/C13H15Br2NO/c14-9-12-6-1-2-7-16(12)13(17)10-4-3-5-11(15)8-10/h3-5,8,12H,1-2,6-7,9H2. The normalized spacial score (nSPS) is 20.4. The van der Waals surface area contributed by atoms with Crippen LogP contribution in [0.5, 0.6) is 0 Å². The number of likely N-dealkylation sites (tertiary alicyclic amines) is 1. The molecule has 4 heteroatoms. The monoisotopic (exact) mass is 359 g/mol. The van der Waals surface area contributed by atoms with Crippen molar-refractivity contribution in [1.29, 1.82) is 0 Å². The lowest BCUT2D eigenvalue weighted by molar-refractivity contribution is 0.0642. The lowest BCUT2D eigenvalue weighted by Crippen LogP contribution is -2.44. The molecule has 0 aromatic heterocycles. The van der Waals surface area contributed by atoms with E-state index in [1.807, 2.05) is 29.2 Å². The molecule has 0 spiro atoms. The zero-order valence-electron chi connectivity index (χ0n) is 9.53. The molecule has 2 rings (SSSR count). The molecular weight excluding hydrogens is 346 g/mol. The molecule has 0 radical (unpaired) electrons. The molecule has 0 aliphatic carbocycles. The number of carbonyl (C=O) groups is 1. The van der Waals surface area contributed by atoms with Crippen LogP contribution in [0.25, 0.3) is 0 Å². The summed E-state index contributed by atoms with van der Waals surface area (Å²) in [5.74, 6) is 0.149. The van der Waals surface area contributed by atoms with Gasteiger partial charge < -0.3 is 4.90 Å². The fraction of sp³-hybridized carbons (Fsp3) is 0.462. The zero-order valence-corrected chi connectivity index (χ0v) is 12.7. The number of benzene rings is 1. The van der Waals surface area contributed by atoms with E-state index in [0.29, 0.717) is 6.04 Å². The first-order valence-electron chi connectivity index (χ1n) is 5.85. The highest BCUT2D eigenvalue weighted by Gasteiger charge is 2.26. The lowest BCUT2D eigenvalue weighted by atomic mass is 10.0. The first-order valence-corrected chi connectivity index (χ1v) is 7.76. The molecule has 1 heterocycles. The predicted octanol–water partition coefficient (Wildman–Crippen LogP) is 3.84. The molecule has 1 amide bonds. The Morgan fingerprint density at radius 1 is 1.41 bits per heavy atom. The third-order valence-electron chi connectivity index (χ3n) is 3.14. The van der Waals surface area contributed by atoms with Gasteiger partial charge in [0.05, 0.1) is 0 Å². The van der Waals surface area contributed by atoms with Gasteiger partial charge in [-0.3, -0.25) is 4.79 Å². The fourth-order valence-corrected chi connectivity index (χ4v) is 3.29. The van der Waals surface area contributed by atoms with Crippen molar-refractivity contribution in [3.63, 3.8) is 0 Å². The van der Waals surface area contributed by atoms with Gasteiger partial charge in [-0.2, -0.15) is 0 Å². The fourth-order valence-electron chi connectivity index (χ4n) is 2.22. The van der Waals surface area contributed by atoms with E-state index in [1.54, 1.807) is 0 Å². The van der Waals surface area contributed by atoms with Crippen LogP contribution in [-0.2, 0) is 0 Å². The number of hydrogen-bond donors (Lipinski definition) is 0. The molecule has 1 saturated heterocycles. The van der Waals surface area contributed by atoms with Gasteiger partial charge in [-0.25, -0.2) is 0 Å². The maximum absolute atomic E-state index is 12.4. The van der Waals surface area contributed by atoms with Crippen LogP contribution in [0.2, 0.25) is 0 Å². The van der Waals surface area contributed by atoms with E-state index < -0.39 is 0 Å². The van der Waals surface area contributed by atoms with E-state index >= 15 is 0 Å². The molecule has 2 nitrogen and oxygen atoms in total. The van der Waals surface area contributed by atoms with Crippen LogP contribution in [0, 0.1) is 0 Å². The quantitative estimate of drug-likeness (QED) is 0.734. The molecule has 1 atom stereocenters. The Morgan fingerprint density at radius 3 is 2.94 bits per heavy atom. The summed E-state index contributed by atoms with van der Waals surface area (Å²) >= 11 is 6.91. The summed E-state index contributed by atoms with van der Waals surface area (Å²) in [5.41, 5.74) is 0.771. The molecule has 1 aliphatic rings. The van der Waals surface area contributed by atoms with E-state index in [9.17, 15) is 4.79 Å². The smallest absolute Gasteiger partial charge is 0.254 e. The molecule has 92 valence electrons. The van der Waals surface area contributed by atoms with Crippen molar-refractivity contribution < 1.29 is 4.79 Å². The molecule has 0 saturated carbocycles. The maximum Gasteiger partial charge on any atom is 0.254 e. The van der Waals surface area contributed by atoms with E-state index in [4.69, 9.17) is 0 Å². The van der Waals surface area contributed by atoms with Crippen LogP contribution < -0.4 is 0 Å². The van der Waals surface area contributed by atoms with Crippen LogP contribution in [-0.4, -0.2) is 28.7 Å². The minimum absolute atomic E-state index is 0.149. The van der Waals surface area contributed by atoms with Crippen LogP contribution in [0.3, 0.4) is 0 Å². The van der Waals surface area contributed by atoms with Gasteiger partial charge in [0.1, 0.15) is 0 Å². The molecule has 17 heavy (non-hydrogen) atoms. The van der Waals surface area contributed by atoms with E-state index in [-0.39, 0.29) is 5.91 Å². The molecule has 1 aliphatic heterocycles. The number of halogens is 2. The number of alkyl halides is 1. The first kappa shape index (κ1) is 13.1. The zero-order chi connectivity index (χ0) is 12.3. The number of piperidine rings is 1.